The number of hydrogen-bond acceptors (Lipinski definition) is 3. The van der Waals surface area contributed by atoms with Gasteiger partial charge in [-0.15, -0.1) is 0 Å². The average molecular weight is 286 g/mol. The van der Waals surface area contributed by atoms with Gasteiger partial charge in [-0.3, -0.25) is 4.68 Å². The normalized spacial score (nSPS) is 12.8. The molecule has 1 aromatic heterocycles. The van der Waals surface area contributed by atoms with Crippen LogP contribution in [0.25, 0.3) is 0 Å². The number of nitrogens with zero attached hydrogens (tertiary/aromatic N) is 3. The molecule has 0 amide bonds. The molecule has 21 heavy (non-hydrogen) atoms. The molecule has 1 heterocycles. The molecule has 0 bridgehead atoms. The molecule has 114 valence electrons. The average Bonchev–Trinajstić information content (AvgIpc) is 2.84. The van der Waals surface area contributed by atoms with Crippen LogP contribution in [-0.4, -0.2) is 21.3 Å². The van der Waals surface area contributed by atoms with Crippen LogP contribution in [-0.2, 0) is 19.9 Å². The third-order valence-corrected chi connectivity index (χ3v) is 3.57. The maximum atomic E-state index is 4.28. The zero-order chi connectivity index (χ0) is 15.2. The van der Waals surface area contributed by atoms with Crippen molar-refractivity contribution < 1.29 is 0 Å². The molecule has 0 aliphatic heterocycles. The van der Waals surface area contributed by atoms with Crippen LogP contribution in [0.2, 0.25) is 0 Å². The van der Waals surface area contributed by atoms with Gasteiger partial charge in [0, 0.05) is 26.1 Å². The van der Waals surface area contributed by atoms with E-state index in [9.17, 15) is 0 Å². The lowest BCUT2D eigenvalue weighted by atomic mass is 10.00. The third-order valence-electron chi connectivity index (χ3n) is 3.57. The highest BCUT2D eigenvalue weighted by Gasteiger charge is 2.06. The fraction of sp³-hybridized carbons (Fsp3) is 0.529. The molecule has 0 spiro atoms. The quantitative estimate of drug-likeness (QED) is 0.851. The summed E-state index contributed by atoms with van der Waals surface area (Å²) in [6, 6.07) is 9.30. The number of aromatic nitrogens is 3. The molecule has 2 aromatic rings. The predicted octanol–water partition coefficient (Wildman–Crippen LogP) is 2.91. The molecule has 0 saturated carbocycles. The number of nitrogens with one attached hydrogen (secondary N) is 1. The molecule has 1 atom stereocenters. The third kappa shape index (κ3) is 4.97. The van der Waals surface area contributed by atoms with E-state index in [1.807, 2.05) is 7.05 Å². The van der Waals surface area contributed by atoms with Gasteiger partial charge in [0.15, 0.2) is 5.82 Å². The molecule has 0 aliphatic carbocycles. The first-order valence-electron chi connectivity index (χ1n) is 7.71. The second-order valence-corrected chi connectivity index (χ2v) is 6.10. The van der Waals surface area contributed by atoms with E-state index in [0.29, 0.717) is 12.0 Å². The van der Waals surface area contributed by atoms with Crippen molar-refractivity contribution in [3.63, 3.8) is 0 Å². The Bertz CT molecular complexity index is 542. The van der Waals surface area contributed by atoms with Crippen molar-refractivity contribution >= 4 is 0 Å². The number of aryl methyl sites for hydroxylation is 1. The molecule has 0 aliphatic rings. The Hall–Kier alpha value is -1.68. The molecule has 0 fully saturated rings. The first-order valence-corrected chi connectivity index (χ1v) is 7.71. The summed E-state index contributed by atoms with van der Waals surface area (Å²) in [5.74, 6) is 1.60. The first-order chi connectivity index (χ1) is 10.0. The number of benzene rings is 1. The smallest absolute Gasteiger partial charge is 0.151 e. The molecular weight excluding hydrogens is 260 g/mol. The Labute approximate surface area is 127 Å². The van der Waals surface area contributed by atoms with E-state index in [2.05, 4.69) is 60.4 Å². The maximum absolute atomic E-state index is 4.28. The van der Waals surface area contributed by atoms with E-state index >= 15 is 0 Å². The van der Waals surface area contributed by atoms with E-state index in [-0.39, 0.29) is 0 Å². The van der Waals surface area contributed by atoms with E-state index in [4.69, 9.17) is 0 Å². The van der Waals surface area contributed by atoms with Gasteiger partial charge in [-0.1, -0.05) is 38.1 Å². The summed E-state index contributed by atoms with van der Waals surface area (Å²) in [4.78, 5) is 4.24. The highest BCUT2D eigenvalue weighted by atomic mass is 15.3. The van der Waals surface area contributed by atoms with Crippen molar-refractivity contribution in [2.24, 2.45) is 13.0 Å². The Balaban J connectivity index is 1.81. The second kappa shape index (κ2) is 7.36. The first kappa shape index (κ1) is 15.7. The van der Waals surface area contributed by atoms with Crippen LogP contribution < -0.4 is 5.32 Å². The molecule has 0 radical (unpaired) electrons. The van der Waals surface area contributed by atoms with Crippen molar-refractivity contribution in [2.75, 3.05) is 6.54 Å². The van der Waals surface area contributed by atoms with Gasteiger partial charge in [-0.05, 0) is 30.4 Å². The van der Waals surface area contributed by atoms with Crippen LogP contribution in [0.5, 0.6) is 0 Å². The van der Waals surface area contributed by atoms with Crippen LogP contribution in [0.4, 0.5) is 0 Å². The van der Waals surface area contributed by atoms with E-state index in [0.717, 1.165) is 25.2 Å². The Morgan fingerprint density at radius 1 is 1.14 bits per heavy atom. The van der Waals surface area contributed by atoms with Gasteiger partial charge in [-0.25, -0.2) is 4.98 Å². The molecule has 1 N–H and O–H groups in total. The summed E-state index contributed by atoms with van der Waals surface area (Å²) < 4.78 is 1.74. The highest BCUT2D eigenvalue weighted by Crippen LogP contribution is 2.15. The van der Waals surface area contributed by atoms with Gasteiger partial charge in [0.1, 0.15) is 6.33 Å². The van der Waals surface area contributed by atoms with E-state index in [1.165, 1.54) is 11.1 Å². The van der Waals surface area contributed by atoms with Crippen LogP contribution in [0.15, 0.2) is 30.6 Å². The van der Waals surface area contributed by atoms with Gasteiger partial charge in [0.2, 0.25) is 0 Å². The topological polar surface area (TPSA) is 42.7 Å². The summed E-state index contributed by atoms with van der Waals surface area (Å²) in [5.41, 5.74) is 2.75. The van der Waals surface area contributed by atoms with Crippen molar-refractivity contribution in [1.82, 2.24) is 20.1 Å². The molecule has 1 aromatic carbocycles. The Kier molecular flexibility index (Phi) is 5.51. The van der Waals surface area contributed by atoms with Gasteiger partial charge >= 0.3 is 0 Å². The summed E-state index contributed by atoms with van der Waals surface area (Å²) in [6.07, 6.45) is 3.75. The summed E-state index contributed by atoms with van der Waals surface area (Å²) in [5, 5.41) is 7.81. The number of hydrogen-bond donors (Lipinski definition) is 1. The molecule has 4 heteroatoms. The minimum absolute atomic E-state index is 0.349. The van der Waals surface area contributed by atoms with E-state index in [1.54, 1.807) is 11.0 Å². The van der Waals surface area contributed by atoms with Crippen molar-refractivity contribution in [2.45, 2.75) is 39.7 Å². The largest absolute Gasteiger partial charge is 0.310 e. The zero-order valence-corrected chi connectivity index (χ0v) is 13.5. The lowest BCUT2D eigenvalue weighted by molar-refractivity contribution is 0.568. The minimum atomic E-state index is 0.349. The fourth-order valence-electron chi connectivity index (χ4n) is 2.43. The maximum Gasteiger partial charge on any atom is 0.151 e. The molecular formula is C17H26N4. The Morgan fingerprint density at radius 3 is 2.43 bits per heavy atom. The van der Waals surface area contributed by atoms with Gasteiger partial charge < -0.3 is 5.32 Å². The minimum Gasteiger partial charge on any atom is -0.310 e. The van der Waals surface area contributed by atoms with Crippen LogP contribution in [0.1, 0.15) is 43.8 Å². The molecule has 2 rings (SSSR count). The van der Waals surface area contributed by atoms with Crippen molar-refractivity contribution in [1.29, 1.82) is 0 Å². The van der Waals surface area contributed by atoms with Crippen molar-refractivity contribution in [3.8, 4) is 0 Å². The Morgan fingerprint density at radius 2 is 1.86 bits per heavy atom. The number of rotatable bonds is 7. The predicted molar refractivity (Wildman–Crippen MR) is 86.1 cm³/mol. The second-order valence-electron chi connectivity index (χ2n) is 6.10. The van der Waals surface area contributed by atoms with E-state index < -0.39 is 0 Å². The molecule has 4 nitrogen and oxygen atoms in total. The van der Waals surface area contributed by atoms with Crippen LogP contribution >= 0.6 is 0 Å². The summed E-state index contributed by atoms with van der Waals surface area (Å²) in [6.45, 7) is 7.59. The lowest BCUT2D eigenvalue weighted by Gasteiger charge is -2.14. The van der Waals surface area contributed by atoms with Crippen LogP contribution in [0.3, 0.4) is 0 Å². The molecule has 1 unspecified atom stereocenters. The van der Waals surface area contributed by atoms with Gasteiger partial charge in [-0.2, -0.15) is 5.10 Å². The lowest BCUT2D eigenvalue weighted by Crippen LogP contribution is -2.21. The fourth-order valence-corrected chi connectivity index (χ4v) is 2.43. The zero-order valence-electron chi connectivity index (χ0n) is 13.5. The van der Waals surface area contributed by atoms with Crippen LogP contribution in [0, 0.1) is 5.92 Å². The summed E-state index contributed by atoms with van der Waals surface area (Å²) >= 11 is 0. The van der Waals surface area contributed by atoms with Gasteiger partial charge in [0.05, 0.1) is 0 Å². The monoisotopic (exact) mass is 286 g/mol. The highest BCUT2D eigenvalue weighted by molar-refractivity contribution is 5.25. The standard InChI is InChI=1S/C17H26N4/c1-13(2)11-15-5-7-16(8-6-15)14(3)18-10-9-17-19-12-21(4)20-17/h5-8,12-14,18H,9-11H2,1-4H3. The summed E-state index contributed by atoms with van der Waals surface area (Å²) in [7, 11) is 1.89. The SMILES string of the molecule is CC(C)Cc1ccc(C(C)NCCc2ncn(C)n2)cc1. The van der Waals surface area contributed by atoms with Crippen molar-refractivity contribution in [3.05, 3.63) is 47.5 Å². The van der Waals surface area contributed by atoms with Gasteiger partial charge in [0.25, 0.3) is 0 Å². The molecule has 0 saturated heterocycles.